The van der Waals surface area contributed by atoms with Gasteiger partial charge >= 0.3 is 0 Å². The van der Waals surface area contributed by atoms with Crippen LogP contribution in [0.15, 0.2) is 4.52 Å². The number of aliphatic hydroxyl groups is 2. The molecule has 5 nitrogen and oxygen atoms in total. The molecule has 2 unspecified atom stereocenters. The highest BCUT2D eigenvalue weighted by molar-refractivity contribution is 7.99. The maximum absolute atomic E-state index is 9.17. The van der Waals surface area contributed by atoms with Crippen LogP contribution in [0, 0.1) is 0 Å². The molecule has 0 aliphatic rings. The molecule has 0 fully saturated rings. The molecular weight excluding hydrogens is 216 g/mol. The molecule has 2 atom stereocenters. The number of hydrogen-bond donors (Lipinski definition) is 2. The highest BCUT2D eigenvalue weighted by Gasteiger charge is 2.15. The van der Waals surface area contributed by atoms with Crippen molar-refractivity contribution >= 4 is 11.8 Å². The van der Waals surface area contributed by atoms with E-state index < -0.39 is 6.10 Å². The molecular formula is C9H16N2O3S. The van der Waals surface area contributed by atoms with E-state index in [2.05, 4.69) is 10.1 Å². The highest BCUT2D eigenvalue weighted by atomic mass is 32.2. The van der Waals surface area contributed by atoms with Crippen molar-refractivity contribution in [2.75, 3.05) is 12.4 Å². The minimum atomic E-state index is -0.689. The summed E-state index contributed by atoms with van der Waals surface area (Å²) < 4.78 is 5.06. The Kier molecular flexibility index (Phi) is 5.07. The fourth-order valence-corrected chi connectivity index (χ4v) is 1.81. The van der Waals surface area contributed by atoms with Gasteiger partial charge in [0.2, 0.25) is 5.89 Å². The first-order valence-electron chi connectivity index (χ1n) is 4.90. The van der Waals surface area contributed by atoms with Crippen LogP contribution in [0.5, 0.6) is 0 Å². The molecule has 0 saturated carbocycles. The molecule has 0 aromatic carbocycles. The van der Waals surface area contributed by atoms with Crippen LogP contribution >= 0.6 is 11.8 Å². The minimum Gasteiger partial charge on any atom is -0.394 e. The second-order valence-corrected chi connectivity index (χ2v) is 4.59. The van der Waals surface area contributed by atoms with Gasteiger partial charge in [-0.25, -0.2) is 0 Å². The van der Waals surface area contributed by atoms with E-state index in [4.69, 9.17) is 14.7 Å². The molecule has 0 radical (unpaired) electrons. The second kappa shape index (κ2) is 6.09. The summed E-state index contributed by atoms with van der Waals surface area (Å²) in [6.07, 6.45) is 0.0613. The van der Waals surface area contributed by atoms with Crippen molar-refractivity contribution in [3.8, 4) is 0 Å². The fourth-order valence-electron chi connectivity index (χ4n) is 0.956. The summed E-state index contributed by atoms with van der Waals surface area (Å²) in [5.41, 5.74) is 0. The summed E-state index contributed by atoms with van der Waals surface area (Å²) in [4.78, 5) is 4.19. The summed E-state index contributed by atoms with van der Waals surface area (Å²) in [6, 6.07) is 0. The van der Waals surface area contributed by atoms with Crippen molar-refractivity contribution in [3.05, 3.63) is 11.7 Å². The number of nitrogens with zero attached hydrogens (tertiary/aromatic N) is 2. The van der Waals surface area contributed by atoms with E-state index in [0.29, 0.717) is 17.5 Å². The third-order valence-corrected chi connectivity index (χ3v) is 3.18. The lowest BCUT2D eigenvalue weighted by molar-refractivity contribution is 0.113. The zero-order valence-electron chi connectivity index (χ0n) is 8.88. The lowest BCUT2D eigenvalue weighted by Gasteiger charge is -2.09. The van der Waals surface area contributed by atoms with Gasteiger partial charge in [-0.1, -0.05) is 12.1 Å². The van der Waals surface area contributed by atoms with Gasteiger partial charge in [-0.3, -0.25) is 0 Å². The van der Waals surface area contributed by atoms with Gasteiger partial charge < -0.3 is 14.7 Å². The van der Waals surface area contributed by atoms with Crippen LogP contribution in [0.2, 0.25) is 0 Å². The normalized spacial score (nSPS) is 15.2. The Hall–Kier alpha value is -0.590. The second-order valence-electron chi connectivity index (χ2n) is 3.21. The third-order valence-electron chi connectivity index (χ3n) is 1.90. The Balaban J connectivity index is 2.42. The molecule has 1 rings (SSSR count). The number of aryl methyl sites for hydroxylation is 1. The molecule has 1 heterocycles. The van der Waals surface area contributed by atoms with E-state index >= 15 is 0 Å². The van der Waals surface area contributed by atoms with Crippen LogP contribution in [0.1, 0.15) is 30.8 Å². The first-order chi connectivity index (χ1) is 7.17. The average molecular weight is 232 g/mol. The lowest BCUT2D eigenvalue weighted by Crippen LogP contribution is -2.15. The molecule has 15 heavy (non-hydrogen) atoms. The first-order valence-corrected chi connectivity index (χ1v) is 5.95. The minimum absolute atomic E-state index is 0.0407. The van der Waals surface area contributed by atoms with E-state index in [1.807, 2.05) is 13.8 Å². The average Bonchev–Trinajstić information content (AvgIpc) is 2.73. The van der Waals surface area contributed by atoms with Crippen LogP contribution in [0.3, 0.4) is 0 Å². The van der Waals surface area contributed by atoms with E-state index in [1.54, 1.807) is 0 Å². The van der Waals surface area contributed by atoms with Crippen molar-refractivity contribution in [3.63, 3.8) is 0 Å². The van der Waals surface area contributed by atoms with E-state index in [-0.39, 0.29) is 11.9 Å². The highest BCUT2D eigenvalue weighted by Crippen LogP contribution is 2.27. The van der Waals surface area contributed by atoms with E-state index in [1.165, 1.54) is 11.8 Å². The van der Waals surface area contributed by atoms with Gasteiger partial charge in [0, 0.05) is 12.2 Å². The number of thioether (sulfide) groups is 1. The summed E-state index contributed by atoms with van der Waals surface area (Å²) >= 11 is 1.48. The topological polar surface area (TPSA) is 79.4 Å². The Morgan fingerprint density at radius 3 is 2.80 bits per heavy atom. The zero-order chi connectivity index (χ0) is 11.3. The van der Waals surface area contributed by atoms with Gasteiger partial charge in [-0.2, -0.15) is 4.98 Å². The van der Waals surface area contributed by atoms with Gasteiger partial charge in [0.05, 0.1) is 18.0 Å². The number of rotatable bonds is 6. The van der Waals surface area contributed by atoms with Crippen molar-refractivity contribution in [1.82, 2.24) is 10.1 Å². The van der Waals surface area contributed by atoms with Crippen molar-refractivity contribution in [2.24, 2.45) is 0 Å². The predicted molar refractivity (Wildman–Crippen MR) is 57.6 cm³/mol. The van der Waals surface area contributed by atoms with Crippen LogP contribution in [-0.4, -0.2) is 38.8 Å². The summed E-state index contributed by atoms with van der Waals surface area (Å²) in [6.45, 7) is 3.67. The largest absolute Gasteiger partial charge is 0.394 e. The van der Waals surface area contributed by atoms with E-state index in [0.717, 1.165) is 6.42 Å². The van der Waals surface area contributed by atoms with Crippen LogP contribution in [0.4, 0.5) is 0 Å². The Morgan fingerprint density at radius 2 is 2.27 bits per heavy atom. The van der Waals surface area contributed by atoms with Crippen LogP contribution < -0.4 is 0 Å². The summed E-state index contributed by atoms with van der Waals surface area (Å²) in [5, 5.41) is 21.6. The molecule has 6 heteroatoms. The molecule has 0 saturated heterocycles. The SMILES string of the molecule is CCc1noc(C(C)SCC(O)CO)n1. The van der Waals surface area contributed by atoms with Crippen molar-refractivity contribution in [2.45, 2.75) is 31.6 Å². The van der Waals surface area contributed by atoms with Gasteiger partial charge in [0.15, 0.2) is 5.82 Å². The van der Waals surface area contributed by atoms with Crippen molar-refractivity contribution in [1.29, 1.82) is 0 Å². The zero-order valence-corrected chi connectivity index (χ0v) is 9.70. The van der Waals surface area contributed by atoms with Crippen LogP contribution in [0.25, 0.3) is 0 Å². The molecule has 1 aromatic heterocycles. The number of aromatic nitrogens is 2. The van der Waals surface area contributed by atoms with Gasteiger partial charge in [-0.05, 0) is 6.92 Å². The molecule has 1 aromatic rings. The lowest BCUT2D eigenvalue weighted by atomic mass is 10.4. The maximum Gasteiger partial charge on any atom is 0.239 e. The quantitative estimate of drug-likeness (QED) is 0.754. The van der Waals surface area contributed by atoms with E-state index in [9.17, 15) is 0 Å². The number of aliphatic hydroxyl groups excluding tert-OH is 2. The maximum atomic E-state index is 9.17. The molecule has 0 spiro atoms. The molecule has 0 aliphatic carbocycles. The Morgan fingerprint density at radius 1 is 1.53 bits per heavy atom. The monoisotopic (exact) mass is 232 g/mol. The molecule has 0 aliphatic heterocycles. The standard InChI is InChI=1S/C9H16N2O3S/c1-3-8-10-9(14-11-8)6(2)15-5-7(13)4-12/h6-7,12-13H,3-5H2,1-2H3. The van der Waals surface area contributed by atoms with Crippen molar-refractivity contribution < 1.29 is 14.7 Å². The molecule has 0 amide bonds. The third kappa shape index (κ3) is 3.81. The summed E-state index contributed by atoms with van der Waals surface area (Å²) in [7, 11) is 0. The molecule has 86 valence electrons. The molecule has 2 N–H and O–H groups in total. The van der Waals surface area contributed by atoms with Gasteiger partial charge in [0.25, 0.3) is 0 Å². The first kappa shape index (κ1) is 12.5. The summed E-state index contributed by atoms with van der Waals surface area (Å²) in [5.74, 6) is 1.73. The number of hydrogen-bond acceptors (Lipinski definition) is 6. The molecule has 0 bridgehead atoms. The van der Waals surface area contributed by atoms with Crippen LogP contribution in [-0.2, 0) is 6.42 Å². The van der Waals surface area contributed by atoms with Gasteiger partial charge in [0.1, 0.15) is 0 Å². The smallest absolute Gasteiger partial charge is 0.239 e. The van der Waals surface area contributed by atoms with Gasteiger partial charge in [-0.15, -0.1) is 11.8 Å². The Bertz CT molecular complexity index is 293. The Labute approximate surface area is 92.9 Å². The fraction of sp³-hybridized carbons (Fsp3) is 0.778. The predicted octanol–water partition coefficient (Wildman–Crippen LogP) is 0.779.